The molecule has 1 aromatic heterocycles. The van der Waals surface area contributed by atoms with Crippen molar-refractivity contribution in [2.24, 2.45) is 0 Å². The van der Waals surface area contributed by atoms with E-state index in [0.29, 0.717) is 5.69 Å². The molecule has 0 saturated carbocycles. The lowest BCUT2D eigenvalue weighted by molar-refractivity contribution is 0.607. The first-order valence-electron chi connectivity index (χ1n) is 4.86. The van der Waals surface area contributed by atoms with Crippen molar-refractivity contribution >= 4 is 31.3 Å². The highest BCUT2D eigenvalue weighted by Crippen LogP contribution is 2.32. The molecular weight excluding hydrogens is 285 g/mol. The summed E-state index contributed by atoms with van der Waals surface area (Å²) in [5.41, 5.74) is 0.322. The number of aromatic nitrogens is 2. The summed E-state index contributed by atoms with van der Waals surface area (Å²) in [6.07, 6.45) is 0.195. The summed E-state index contributed by atoms with van der Waals surface area (Å²) in [5, 5.41) is 12.5. The molecule has 0 fully saturated rings. The summed E-state index contributed by atoms with van der Waals surface area (Å²) in [5.74, 6) is -0.126. The van der Waals surface area contributed by atoms with Crippen LogP contribution in [0.1, 0.15) is 31.9 Å². The maximum Gasteiger partial charge on any atom is 0.266 e. The number of nitrogens with zero attached hydrogens (tertiary/aromatic N) is 3. The van der Waals surface area contributed by atoms with E-state index in [1.807, 2.05) is 6.07 Å². The molecule has 0 bridgehead atoms. The van der Waals surface area contributed by atoms with Crippen molar-refractivity contribution in [3.05, 3.63) is 10.8 Å². The number of rotatable bonds is 4. The van der Waals surface area contributed by atoms with E-state index in [-0.39, 0.29) is 28.9 Å². The molecule has 0 atom stereocenters. The van der Waals surface area contributed by atoms with Gasteiger partial charge in [-0.15, -0.1) is 0 Å². The Balaban J connectivity index is 3.37. The van der Waals surface area contributed by atoms with Gasteiger partial charge >= 0.3 is 0 Å². The van der Waals surface area contributed by atoms with Crippen molar-refractivity contribution in [3.8, 4) is 6.07 Å². The number of hydrogen-bond acceptors (Lipinski definition) is 4. The normalized spacial score (nSPS) is 11.8. The van der Waals surface area contributed by atoms with E-state index in [1.54, 1.807) is 13.8 Å². The van der Waals surface area contributed by atoms with Gasteiger partial charge in [-0.25, -0.2) is 8.42 Å². The summed E-state index contributed by atoms with van der Waals surface area (Å²) in [6, 6.07) is 1.94. The molecule has 8 heteroatoms. The molecule has 1 aromatic rings. The average Bonchev–Trinajstić information content (AvgIpc) is 2.52. The van der Waals surface area contributed by atoms with E-state index in [9.17, 15) is 8.42 Å². The Morgan fingerprint density at radius 2 is 2.12 bits per heavy atom. The van der Waals surface area contributed by atoms with Crippen molar-refractivity contribution in [1.29, 1.82) is 5.26 Å². The Morgan fingerprint density at radius 3 is 2.47 bits per heavy atom. The largest absolute Gasteiger partial charge is 0.266 e. The first-order chi connectivity index (χ1) is 7.79. The fourth-order valence-corrected chi connectivity index (χ4v) is 3.28. The molecule has 0 aliphatic carbocycles. The summed E-state index contributed by atoms with van der Waals surface area (Å²) < 4.78 is 24.1. The highest BCUT2D eigenvalue weighted by atomic mass is 35.7. The zero-order valence-corrected chi connectivity index (χ0v) is 11.6. The quantitative estimate of drug-likeness (QED) is 0.800. The average molecular weight is 296 g/mol. The maximum atomic E-state index is 11.4. The number of aryl methyl sites for hydroxylation is 1. The van der Waals surface area contributed by atoms with Crippen LogP contribution in [0.25, 0.3) is 0 Å². The number of hydrogen-bond donors (Lipinski definition) is 0. The topological polar surface area (TPSA) is 75.8 Å². The molecule has 0 aromatic carbocycles. The molecule has 0 unspecified atom stereocenters. The van der Waals surface area contributed by atoms with E-state index in [4.69, 9.17) is 27.5 Å². The number of halogens is 2. The summed E-state index contributed by atoms with van der Waals surface area (Å²) >= 11 is 5.92. The van der Waals surface area contributed by atoms with Crippen LogP contribution in [0.2, 0.25) is 5.15 Å². The van der Waals surface area contributed by atoms with Gasteiger partial charge in [0.2, 0.25) is 0 Å². The molecule has 0 saturated heterocycles. The van der Waals surface area contributed by atoms with Gasteiger partial charge in [-0.3, -0.25) is 4.68 Å². The Kier molecular flexibility index (Phi) is 4.42. The molecule has 1 rings (SSSR count). The summed E-state index contributed by atoms with van der Waals surface area (Å²) in [4.78, 5) is -0.159. The molecular formula is C9H11Cl2N3O2S. The fourth-order valence-electron chi connectivity index (χ4n) is 1.35. The van der Waals surface area contributed by atoms with Crippen molar-refractivity contribution in [2.75, 3.05) is 0 Å². The third kappa shape index (κ3) is 3.12. The van der Waals surface area contributed by atoms with Crippen molar-refractivity contribution in [2.45, 2.75) is 37.6 Å². The molecule has 0 N–H and O–H groups in total. The lowest BCUT2D eigenvalue weighted by Gasteiger charge is -2.01. The highest BCUT2D eigenvalue weighted by Gasteiger charge is 2.27. The zero-order chi connectivity index (χ0) is 13.2. The van der Waals surface area contributed by atoms with E-state index >= 15 is 0 Å². The van der Waals surface area contributed by atoms with E-state index in [2.05, 4.69) is 5.10 Å². The van der Waals surface area contributed by atoms with Crippen LogP contribution in [-0.4, -0.2) is 18.2 Å². The SMILES string of the molecule is CC(C)c1nn(CCC#N)c(Cl)c1S(=O)(=O)Cl. The second kappa shape index (κ2) is 5.25. The minimum absolute atomic E-state index is 0.0426. The maximum absolute atomic E-state index is 11.4. The Morgan fingerprint density at radius 1 is 1.53 bits per heavy atom. The zero-order valence-electron chi connectivity index (χ0n) is 9.31. The second-order valence-electron chi connectivity index (χ2n) is 3.73. The van der Waals surface area contributed by atoms with E-state index in [0.717, 1.165) is 0 Å². The smallest absolute Gasteiger partial charge is 0.251 e. The predicted molar refractivity (Wildman–Crippen MR) is 64.6 cm³/mol. The molecule has 17 heavy (non-hydrogen) atoms. The summed E-state index contributed by atoms with van der Waals surface area (Å²) in [7, 11) is 1.39. The van der Waals surface area contributed by atoms with Crippen molar-refractivity contribution < 1.29 is 8.42 Å². The van der Waals surface area contributed by atoms with Gasteiger partial charge in [-0.1, -0.05) is 25.4 Å². The third-order valence-corrected chi connectivity index (χ3v) is 3.95. The first-order valence-corrected chi connectivity index (χ1v) is 7.55. The van der Waals surface area contributed by atoms with Crippen molar-refractivity contribution in [1.82, 2.24) is 9.78 Å². The molecule has 0 spiro atoms. The van der Waals surface area contributed by atoms with Gasteiger partial charge in [0.25, 0.3) is 9.05 Å². The Bertz CT molecular complexity index is 558. The lowest BCUT2D eigenvalue weighted by atomic mass is 10.1. The second-order valence-corrected chi connectivity index (χ2v) is 6.59. The molecule has 0 radical (unpaired) electrons. The van der Waals surface area contributed by atoms with Crippen LogP contribution in [0, 0.1) is 11.3 Å². The molecule has 0 aliphatic rings. The van der Waals surface area contributed by atoms with Crippen molar-refractivity contribution in [3.63, 3.8) is 0 Å². The van der Waals surface area contributed by atoms with Crippen LogP contribution >= 0.6 is 22.3 Å². The standard InChI is InChI=1S/C9H11Cl2N3O2S/c1-6(2)7-8(17(11,15)16)9(10)14(13-7)5-3-4-12/h6H,3,5H2,1-2H3. The van der Waals surface area contributed by atoms with Gasteiger partial charge in [0.1, 0.15) is 10.0 Å². The van der Waals surface area contributed by atoms with Crippen LogP contribution in [0.4, 0.5) is 0 Å². The summed E-state index contributed by atoms with van der Waals surface area (Å²) in [6.45, 7) is 3.82. The fraction of sp³-hybridized carbons (Fsp3) is 0.556. The molecule has 94 valence electrons. The van der Waals surface area contributed by atoms with Crippen LogP contribution in [0.5, 0.6) is 0 Å². The van der Waals surface area contributed by atoms with Crippen LogP contribution < -0.4 is 0 Å². The van der Waals surface area contributed by atoms with Gasteiger partial charge < -0.3 is 0 Å². The molecule has 5 nitrogen and oxygen atoms in total. The van der Waals surface area contributed by atoms with Gasteiger partial charge in [0.15, 0.2) is 0 Å². The molecule has 0 amide bonds. The monoisotopic (exact) mass is 295 g/mol. The number of nitriles is 1. The molecule has 1 heterocycles. The van der Waals surface area contributed by atoms with Gasteiger partial charge in [-0.2, -0.15) is 10.4 Å². The molecule has 0 aliphatic heterocycles. The van der Waals surface area contributed by atoms with Gasteiger partial charge in [-0.05, 0) is 5.92 Å². The van der Waals surface area contributed by atoms with E-state index in [1.165, 1.54) is 4.68 Å². The minimum atomic E-state index is -3.94. The lowest BCUT2D eigenvalue weighted by Crippen LogP contribution is -2.00. The Hall–Kier alpha value is -0.770. The van der Waals surface area contributed by atoms with Gasteiger partial charge in [0.05, 0.1) is 24.7 Å². The van der Waals surface area contributed by atoms with Crippen LogP contribution in [-0.2, 0) is 15.6 Å². The third-order valence-electron chi connectivity index (χ3n) is 2.10. The highest BCUT2D eigenvalue weighted by molar-refractivity contribution is 8.13. The van der Waals surface area contributed by atoms with Crippen LogP contribution in [0.3, 0.4) is 0 Å². The first kappa shape index (κ1) is 14.3. The van der Waals surface area contributed by atoms with Gasteiger partial charge in [0, 0.05) is 10.7 Å². The predicted octanol–water partition coefficient (Wildman–Crippen LogP) is 2.50. The van der Waals surface area contributed by atoms with E-state index < -0.39 is 9.05 Å². The Labute approximate surface area is 109 Å². The minimum Gasteiger partial charge on any atom is -0.251 e. The van der Waals surface area contributed by atoms with Crippen LogP contribution in [0.15, 0.2) is 4.90 Å².